The maximum atomic E-state index is 10.6. The quantitative estimate of drug-likeness (QED) is 0.802. The molecule has 0 radical (unpaired) electrons. The maximum absolute atomic E-state index is 10.6. The van der Waals surface area contributed by atoms with Crippen LogP contribution >= 0.6 is 15.9 Å². The zero-order valence-electron chi connectivity index (χ0n) is 7.88. The molecule has 2 N–H and O–H groups in total. The maximum Gasteiger partial charge on any atom is 0.216 e. The number of nitrogens with zero attached hydrogens (tertiary/aromatic N) is 1. The molecule has 1 aromatic rings. The molecule has 0 atom stereocenters. The summed E-state index contributed by atoms with van der Waals surface area (Å²) >= 11 is 3.32. The third-order valence-corrected chi connectivity index (χ3v) is 1.97. The molecule has 0 bridgehead atoms. The Bertz CT molecular complexity index is 317. The van der Waals surface area contributed by atoms with E-state index in [2.05, 4.69) is 31.5 Å². The van der Waals surface area contributed by atoms with Crippen LogP contribution in [0, 0.1) is 0 Å². The summed E-state index contributed by atoms with van der Waals surface area (Å²) in [6.07, 6.45) is 3.46. The average molecular weight is 258 g/mol. The zero-order valence-corrected chi connectivity index (χ0v) is 9.47. The Morgan fingerprint density at radius 2 is 2.29 bits per heavy atom. The van der Waals surface area contributed by atoms with Crippen LogP contribution < -0.4 is 10.6 Å². The summed E-state index contributed by atoms with van der Waals surface area (Å²) in [5, 5.41) is 5.83. The van der Waals surface area contributed by atoms with Gasteiger partial charge in [-0.2, -0.15) is 0 Å². The van der Waals surface area contributed by atoms with E-state index in [9.17, 15) is 4.79 Å². The van der Waals surface area contributed by atoms with Gasteiger partial charge >= 0.3 is 0 Å². The van der Waals surface area contributed by atoms with E-state index >= 15 is 0 Å². The normalized spacial score (nSPS) is 9.57. The van der Waals surface area contributed by atoms with Crippen molar-refractivity contribution in [3.05, 3.63) is 22.9 Å². The number of hydrogen-bond donors (Lipinski definition) is 2. The number of carbonyl (C=O) groups is 1. The van der Waals surface area contributed by atoms with Gasteiger partial charge in [0.2, 0.25) is 5.91 Å². The van der Waals surface area contributed by atoms with Crippen molar-refractivity contribution in [2.45, 2.75) is 6.92 Å². The lowest BCUT2D eigenvalue weighted by Gasteiger charge is -2.06. The van der Waals surface area contributed by atoms with Gasteiger partial charge in [0.1, 0.15) is 0 Å². The van der Waals surface area contributed by atoms with Gasteiger partial charge in [0.05, 0.1) is 11.9 Å². The number of aromatic nitrogens is 1. The fourth-order valence-corrected chi connectivity index (χ4v) is 1.32. The summed E-state index contributed by atoms with van der Waals surface area (Å²) in [4.78, 5) is 14.6. The van der Waals surface area contributed by atoms with Crippen LogP contribution in [-0.4, -0.2) is 24.0 Å². The third-order valence-electron chi connectivity index (χ3n) is 1.53. The highest BCUT2D eigenvalue weighted by Gasteiger charge is 1.93. The van der Waals surface area contributed by atoms with Gasteiger partial charge < -0.3 is 10.6 Å². The molecule has 0 aliphatic rings. The van der Waals surface area contributed by atoms with Gasteiger partial charge in [0.15, 0.2) is 0 Å². The molecule has 0 aliphatic carbocycles. The first-order chi connectivity index (χ1) is 6.68. The van der Waals surface area contributed by atoms with Gasteiger partial charge in [-0.3, -0.25) is 9.78 Å². The zero-order chi connectivity index (χ0) is 10.4. The molecule has 0 saturated carbocycles. The fraction of sp³-hybridized carbons (Fsp3) is 0.333. The number of halogens is 1. The number of anilines is 1. The highest BCUT2D eigenvalue weighted by molar-refractivity contribution is 9.10. The van der Waals surface area contributed by atoms with Crippen LogP contribution in [0.5, 0.6) is 0 Å². The topological polar surface area (TPSA) is 54.0 Å². The Balaban J connectivity index is 2.28. The predicted octanol–water partition coefficient (Wildman–Crippen LogP) is 1.39. The number of nitrogens with one attached hydrogen (secondary N) is 2. The summed E-state index contributed by atoms with van der Waals surface area (Å²) < 4.78 is 0.932. The first-order valence-electron chi connectivity index (χ1n) is 4.27. The minimum absolute atomic E-state index is 0.0147. The fourth-order valence-electron chi connectivity index (χ4n) is 0.954. The van der Waals surface area contributed by atoms with Gasteiger partial charge in [-0.15, -0.1) is 0 Å². The van der Waals surface area contributed by atoms with Crippen molar-refractivity contribution in [1.82, 2.24) is 10.3 Å². The van der Waals surface area contributed by atoms with Crippen molar-refractivity contribution in [2.24, 2.45) is 0 Å². The Morgan fingerprint density at radius 3 is 2.93 bits per heavy atom. The highest BCUT2D eigenvalue weighted by atomic mass is 79.9. The van der Waals surface area contributed by atoms with Gasteiger partial charge in [-0.25, -0.2) is 0 Å². The SMILES string of the molecule is CC(=O)NCCNc1cncc(Br)c1. The Hall–Kier alpha value is -1.10. The van der Waals surface area contributed by atoms with Gasteiger partial charge in [-0.1, -0.05) is 0 Å². The molecular formula is C9H12BrN3O. The van der Waals surface area contributed by atoms with Gasteiger partial charge in [0, 0.05) is 30.7 Å². The molecule has 0 fully saturated rings. The van der Waals surface area contributed by atoms with Crippen molar-refractivity contribution in [3.8, 4) is 0 Å². The lowest BCUT2D eigenvalue weighted by Crippen LogP contribution is -2.26. The number of carbonyl (C=O) groups excluding carboxylic acids is 1. The molecule has 5 heteroatoms. The second kappa shape index (κ2) is 5.59. The lowest BCUT2D eigenvalue weighted by molar-refractivity contribution is -0.118. The van der Waals surface area contributed by atoms with E-state index < -0.39 is 0 Å². The molecule has 0 saturated heterocycles. The molecule has 1 aromatic heterocycles. The van der Waals surface area contributed by atoms with Crippen LogP contribution in [0.3, 0.4) is 0 Å². The van der Waals surface area contributed by atoms with Crippen molar-refractivity contribution < 1.29 is 4.79 Å². The lowest BCUT2D eigenvalue weighted by atomic mass is 10.4. The second-order valence-corrected chi connectivity index (χ2v) is 3.72. The predicted molar refractivity (Wildman–Crippen MR) is 59.1 cm³/mol. The summed E-state index contributed by atoms with van der Waals surface area (Å²) in [5.74, 6) is -0.0147. The van der Waals surface area contributed by atoms with Crippen LogP contribution in [0.1, 0.15) is 6.92 Å². The van der Waals surface area contributed by atoms with Crippen molar-refractivity contribution in [2.75, 3.05) is 18.4 Å². The van der Waals surface area contributed by atoms with E-state index in [0.29, 0.717) is 13.1 Å². The third kappa shape index (κ3) is 4.23. The Kier molecular flexibility index (Phi) is 4.39. The van der Waals surface area contributed by atoms with Crippen LogP contribution in [-0.2, 0) is 4.79 Å². The van der Waals surface area contributed by atoms with E-state index in [1.807, 2.05) is 6.07 Å². The second-order valence-electron chi connectivity index (χ2n) is 2.80. The summed E-state index contributed by atoms with van der Waals surface area (Å²) in [7, 11) is 0. The van der Waals surface area contributed by atoms with Crippen molar-refractivity contribution >= 4 is 27.5 Å². The monoisotopic (exact) mass is 257 g/mol. The first kappa shape index (κ1) is 11.0. The molecule has 4 nitrogen and oxygen atoms in total. The molecule has 1 heterocycles. The van der Waals surface area contributed by atoms with E-state index in [0.717, 1.165) is 10.2 Å². The molecule has 0 aromatic carbocycles. The largest absolute Gasteiger partial charge is 0.382 e. The van der Waals surface area contributed by atoms with E-state index in [1.165, 1.54) is 6.92 Å². The number of hydrogen-bond acceptors (Lipinski definition) is 3. The number of amides is 1. The molecule has 1 amide bonds. The average Bonchev–Trinajstić information content (AvgIpc) is 2.12. The van der Waals surface area contributed by atoms with Crippen LogP contribution in [0.2, 0.25) is 0 Å². The Labute approximate surface area is 91.2 Å². The molecule has 0 spiro atoms. The molecule has 76 valence electrons. The highest BCUT2D eigenvalue weighted by Crippen LogP contribution is 2.12. The van der Waals surface area contributed by atoms with Crippen LogP contribution in [0.4, 0.5) is 5.69 Å². The van der Waals surface area contributed by atoms with E-state index in [-0.39, 0.29) is 5.91 Å². The first-order valence-corrected chi connectivity index (χ1v) is 5.06. The van der Waals surface area contributed by atoms with E-state index in [4.69, 9.17) is 0 Å². The minimum Gasteiger partial charge on any atom is -0.382 e. The van der Waals surface area contributed by atoms with Crippen LogP contribution in [0.15, 0.2) is 22.9 Å². The van der Waals surface area contributed by atoms with Gasteiger partial charge in [0.25, 0.3) is 0 Å². The summed E-state index contributed by atoms with van der Waals surface area (Å²) in [6, 6.07) is 1.93. The molecule has 0 unspecified atom stereocenters. The summed E-state index contributed by atoms with van der Waals surface area (Å²) in [5.41, 5.74) is 0.935. The minimum atomic E-state index is -0.0147. The standard InChI is InChI=1S/C9H12BrN3O/c1-7(14)12-2-3-13-9-4-8(10)5-11-6-9/h4-6,13H,2-3H2,1H3,(H,12,14). The molecule has 0 aliphatic heterocycles. The van der Waals surface area contributed by atoms with Crippen LogP contribution in [0.25, 0.3) is 0 Å². The number of rotatable bonds is 4. The van der Waals surface area contributed by atoms with Crippen molar-refractivity contribution in [1.29, 1.82) is 0 Å². The van der Waals surface area contributed by atoms with E-state index in [1.54, 1.807) is 12.4 Å². The smallest absolute Gasteiger partial charge is 0.216 e. The molecule has 1 rings (SSSR count). The van der Waals surface area contributed by atoms with Gasteiger partial charge in [-0.05, 0) is 22.0 Å². The Morgan fingerprint density at radius 1 is 1.50 bits per heavy atom. The molecule has 14 heavy (non-hydrogen) atoms. The molecular weight excluding hydrogens is 246 g/mol. The summed E-state index contributed by atoms with van der Waals surface area (Å²) in [6.45, 7) is 2.81. The van der Waals surface area contributed by atoms with Crippen molar-refractivity contribution in [3.63, 3.8) is 0 Å². The number of pyridine rings is 1.